The highest BCUT2D eigenvalue weighted by atomic mass is 16.5. The van der Waals surface area contributed by atoms with Gasteiger partial charge in [0.1, 0.15) is 11.9 Å². The van der Waals surface area contributed by atoms with E-state index in [1.807, 2.05) is 24.3 Å². The van der Waals surface area contributed by atoms with Crippen molar-refractivity contribution in [2.75, 3.05) is 6.54 Å². The zero-order chi connectivity index (χ0) is 23.4. The molecule has 32 heavy (non-hydrogen) atoms. The minimum atomic E-state index is -0.663. The molecule has 0 amide bonds. The van der Waals surface area contributed by atoms with E-state index in [0.29, 0.717) is 13.0 Å². The van der Waals surface area contributed by atoms with Crippen LogP contribution in [-0.4, -0.2) is 17.6 Å². The van der Waals surface area contributed by atoms with Crippen LogP contribution in [0.5, 0.6) is 5.75 Å². The van der Waals surface area contributed by atoms with Gasteiger partial charge in [0.05, 0.1) is 0 Å². The molecule has 0 aliphatic heterocycles. The molecule has 0 bridgehead atoms. The van der Waals surface area contributed by atoms with Gasteiger partial charge in [0, 0.05) is 12.8 Å². The lowest BCUT2D eigenvalue weighted by Gasteiger charge is -2.19. The van der Waals surface area contributed by atoms with Gasteiger partial charge in [-0.2, -0.15) is 0 Å². The summed E-state index contributed by atoms with van der Waals surface area (Å²) in [6.07, 6.45) is 11.7. The van der Waals surface area contributed by atoms with E-state index in [4.69, 9.17) is 15.6 Å². The van der Waals surface area contributed by atoms with Crippen LogP contribution in [0, 0.1) is 0 Å². The second-order valence-electron chi connectivity index (χ2n) is 8.26. The first-order chi connectivity index (χ1) is 15.6. The number of aliphatic carboxylic acids is 1. The number of nitrogens with two attached hydrogens (primary N) is 1. The molecule has 3 N–H and O–H groups in total. The van der Waals surface area contributed by atoms with Crippen molar-refractivity contribution in [3.8, 4) is 5.75 Å². The molecule has 2 aromatic rings. The standard InChI is InChI=1S/C18H23NO.C10H20O2/c1-2-7-15-8-6-11-17(14-15)20-18(12-13-19)16-9-4-3-5-10-16;1-2-3-4-5-6-7-8-9-10(11)12/h3-6,8-11,14,18H,2,7,12-13,19H2,1H3;2-9H2,1H3,(H,11,12). The molecule has 1 unspecified atom stereocenters. The van der Waals surface area contributed by atoms with Gasteiger partial charge in [0.25, 0.3) is 0 Å². The Hall–Kier alpha value is -2.33. The van der Waals surface area contributed by atoms with Crippen LogP contribution in [-0.2, 0) is 11.2 Å². The van der Waals surface area contributed by atoms with E-state index in [0.717, 1.165) is 37.9 Å². The van der Waals surface area contributed by atoms with Gasteiger partial charge in [-0.3, -0.25) is 4.79 Å². The number of rotatable bonds is 15. The second kappa shape index (κ2) is 18.3. The van der Waals surface area contributed by atoms with Crippen LogP contribution in [0.25, 0.3) is 0 Å². The number of unbranched alkanes of at least 4 members (excludes halogenated alkanes) is 6. The molecule has 4 heteroatoms. The Bertz CT molecular complexity index is 718. The van der Waals surface area contributed by atoms with Crippen molar-refractivity contribution < 1.29 is 14.6 Å². The number of ether oxygens (including phenoxy) is 1. The first-order valence-corrected chi connectivity index (χ1v) is 12.3. The van der Waals surface area contributed by atoms with E-state index in [9.17, 15) is 4.79 Å². The lowest BCUT2D eigenvalue weighted by atomic mass is 10.1. The van der Waals surface area contributed by atoms with E-state index in [-0.39, 0.29) is 6.10 Å². The molecule has 0 radical (unpaired) electrons. The zero-order valence-electron chi connectivity index (χ0n) is 20.1. The summed E-state index contributed by atoms with van der Waals surface area (Å²) in [5.74, 6) is 0.266. The van der Waals surface area contributed by atoms with Crippen LogP contribution >= 0.6 is 0 Å². The zero-order valence-corrected chi connectivity index (χ0v) is 20.1. The molecule has 0 saturated heterocycles. The molecule has 2 rings (SSSR count). The average Bonchev–Trinajstić information content (AvgIpc) is 2.80. The number of carbonyl (C=O) groups is 1. The molecular weight excluding hydrogens is 398 g/mol. The summed E-state index contributed by atoms with van der Waals surface area (Å²) in [4.78, 5) is 10.1. The van der Waals surface area contributed by atoms with Crippen molar-refractivity contribution >= 4 is 5.97 Å². The first kappa shape index (κ1) is 27.7. The van der Waals surface area contributed by atoms with Crippen molar-refractivity contribution in [3.63, 3.8) is 0 Å². The normalized spacial score (nSPS) is 11.3. The molecule has 0 aliphatic carbocycles. The van der Waals surface area contributed by atoms with Crippen molar-refractivity contribution in [1.82, 2.24) is 0 Å². The third-order valence-corrected chi connectivity index (χ3v) is 5.31. The third kappa shape index (κ3) is 13.2. The summed E-state index contributed by atoms with van der Waals surface area (Å²) in [7, 11) is 0. The van der Waals surface area contributed by atoms with Crippen LogP contribution in [0.2, 0.25) is 0 Å². The van der Waals surface area contributed by atoms with E-state index in [1.54, 1.807) is 0 Å². The van der Waals surface area contributed by atoms with E-state index in [2.05, 4.69) is 44.2 Å². The first-order valence-electron chi connectivity index (χ1n) is 12.3. The summed E-state index contributed by atoms with van der Waals surface area (Å²) in [6, 6.07) is 18.6. The Morgan fingerprint density at radius 1 is 0.906 bits per heavy atom. The number of benzene rings is 2. The number of carboxylic acids is 1. The minimum Gasteiger partial charge on any atom is -0.486 e. The highest BCUT2D eigenvalue weighted by Crippen LogP contribution is 2.25. The van der Waals surface area contributed by atoms with Gasteiger partial charge in [0.2, 0.25) is 0 Å². The Kier molecular flexibility index (Phi) is 15.8. The number of aryl methyl sites for hydroxylation is 1. The average molecular weight is 442 g/mol. The van der Waals surface area contributed by atoms with Gasteiger partial charge in [-0.05, 0) is 42.6 Å². The molecule has 0 spiro atoms. The summed E-state index contributed by atoms with van der Waals surface area (Å²) >= 11 is 0. The predicted molar refractivity (Wildman–Crippen MR) is 134 cm³/mol. The van der Waals surface area contributed by atoms with Gasteiger partial charge in [-0.25, -0.2) is 0 Å². The van der Waals surface area contributed by atoms with Crippen molar-refractivity contribution in [3.05, 3.63) is 65.7 Å². The summed E-state index contributed by atoms with van der Waals surface area (Å²) in [5.41, 5.74) is 8.22. The molecule has 0 aliphatic rings. The SMILES string of the molecule is CCCCCCCCCC(=O)O.CCCc1cccc(OC(CCN)c2ccccc2)c1. The lowest BCUT2D eigenvalue weighted by molar-refractivity contribution is -0.137. The Balaban J connectivity index is 0.000000368. The fourth-order valence-corrected chi connectivity index (χ4v) is 3.57. The molecule has 0 aromatic heterocycles. The van der Waals surface area contributed by atoms with Crippen LogP contribution in [0.1, 0.15) is 95.3 Å². The molecule has 0 fully saturated rings. The summed E-state index contributed by atoms with van der Waals surface area (Å²) in [6.45, 7) is 5.01. The fourth-order valence-electron chi connectivity index (χ4n) is 3.57. The molecular formula is C28H43NO3. The van der Waals surface area contributed by atoms with Crippen LogP contribution < -0.4 is 10.5 Å². The monoisotopic (exact) mass is 441 g/mol. The second-order valence-corrected chi connectivity index (χ2v) is 8.26. The molecule has 0 saturated carbocycles. The highest BCUT2D eigenvalue weighted by Gasteiger charge is 2.12. The maximum absolute atomic E-state index is 10.1. The third-order valence-electron chi connectivity index (χ3n) is 5.31. The van der Waals surface area contributed by atoms with Crippen molar-refractivity contribution in [1.29, 1.82) is 0 Å². The number of hydrogen-bond acceptors (Lipinski definition) is 3. The highest BCUT2D eigenvalue weighted by molar-refractivity contribution is 5.66. The van der Waals surface area contributed by atoms with Gasteiger partial charge >= 0.3 is 5.97 Å². The molecule has 1 atom stereocenters. The van der Waals surface area contributed by atoms with Gasteiger partial charge in [-0.1, -0.05) is 101 Å². The Labute approximate surface area is 195 Å². The largest absolute Gasteiger partial charge is 0.486 e. The van der Waals surface area contributed by atoms with E-state index >= 15 is 0 Å². The van der Waals surface area contributed by atoms with Crippen molar-refractivity contribution in [2.24, 2.45) is 5.73 Å². The smallest absolute Gasteiger partial charge is 0.303 e. The quantitative estimate of drug-likeness (QED) is 0.284. The van der Waals surface area contributed by atoms with Gasteiger partial charge in [0.15, 0.2) is 0 Å². The predicted octanol–water partition coefficient (Wildman–Crippen LogP) is 7.32. The minimum absolute atomic E-state index is 0.0260. The van der Waals surface area contributed by atoms with Crippen LogP contribution in [0.4, 0.5) is 0 Å². The maximum atomic E-state index is 10.1. The summed E-state index contributed by atoms with van der Waals surface area (Å²) in [5, 5.41) is 8.35. The Morgan fingerprint density at radius 3 is 2.22 bits per heavy atom. The van der Waals surface area contributed by atoms with Crippen LogP contribution in [0.15, 0.2) is 54.6 Å². The van der Waals surface area contributed by atoms with Gasteiger partial charge < -0.3 is 15.6 Å². The summed E-state index contributed by atoms with van der Waals surface area (Å²) < 4.78 is 6.15. The van der Waals surface area contributed by atoms with Crippen LogP contribution in [0.3, 0.4) is 0 Å². The molecule has 4 nitrogen and oxygen atoms in total. The Morgan fingerprint density at radius 2 is 1.59 bits per heavy atom. The topological polar surface area (TPSA) is 72.5 Å². The molecule has 0 heterocycles. The van der Waals surface area contributed by atoms with Crippen molar-refractivity contribution in [2.45, 2.75) is 90.6 Å². The van der Waals surface area contributed by atoms with E-state index in [1.165, 1.54) is 43.2 Å². The maximum Gasteiger partial charge on any atom is 0.303 e. The van der Waals surface area contributed by atoms with E-state index < -0.39 is 5.97 Å². The van der Waals surface area contributed by atoms with Gasteiger partial charge in [-0.15, -0.1) is 0 Å². The number of hydrogen-bond donors (Lipinski definition) is 2. The fraction of sp³-hybridized carbons (Fsp3) is 0.536. The molecule has 178 valence electrons. The number of carboxylic acid groups (broad SMARTS) is 1. The lowest BCUT2D eigenvalue weighted by Crippen LogP contribution is -2.13. The molecule has 2 aromatic carbocycles.